The van der Waals surface area contributed by atoms with Crippen LogP contribution in [0.4, 0.5) is 0 Å². The Morgan fingerprint density at radius 2 is 1.48 bits per heavy atom. The van der Waals surface area contributed by atoms with E-state index < -0.39 is 187 Å². The van der Waals surface area contributed by atoms with E-state index in [1.807, 2.05) is 0 Å². The number of amides is 8. The fraction of sp³-hybridized carbons (Fsp3) is 0.500. The minimum absolute atomic E-state index is 0.00539. The van der Waals surface area contributed by atoms with E-state index in [-0.39, 0.29) is 79.8 Å². The minimum atomic E-state index is -2.42. The van der Waals surface area contributed by atoms with Gasteiger partial charge in [-0.25, -0.2) is 0 Å². The number of imide groups is 1. The molecule has 3 aromatic rings. The molecular weight excluding hydrogens is 1180 g/mol. The van der Waals surface area contributed by atoms with Gasteiger partial charge >= 0.3 is 0 Å². The molecule has 0 spiro atoms. The Morgan fingerprint density at radius 3 is 2.23 bits per heavy atom. The van der Waals surface area contributed by atoms with Crippen LogP contribution in [-0.2, 0) is 89.1 Å². The summed E-state index contributed by atoms with van der Waals surface area (Å²) in [6.45, 7) is 0.296. The van der Waals surface area contributed by atoms with E-state index in [1.165, 1.54) is 32.4 Å². The van der Waals surface area contributed by atoms with Crippen molar-refractivity contribution in [2.24, 2.45) is 0 Å². The molecule has 13 atom stereocenters. The van der Waals surface area contributed by atoms with E-state index >= 15 is 0 Å². The first kappa shape index (κ1) is 63.3. The van der Waals surface area contributed by atoms with E-state index in [1.54, 1.807) is 37.3 Å². The van der Waals surface area contributed by atoms with E-state index in [0.717, 1.165) is 17.1 Å². The Balaban J connectivity index is 0.696. The van der Waals surface area contributed by atoms with Gasteiger partial charge < -0.3 is 89.9 Å². The van der Waals surface area contributed by atoms with Gasteiger partial charge in [0.15, 0.2) is 24.6 Å². The summed E-state index contributed by atoms with van der Waals surface area (Å²) < 4.78 is 54.3. The summed E-state index contributed by atoms with van der Waals surface area (Å²) in [5.74, 6) is -8.58. The zero-order valence-electron chi connectivity index (χ0n) is 49.1. The number of rotatable bonds is 22. The molecule has 0 unspecified atom stereocenters. The third-order valence-electron chi connectivity index (χ3n) is 17.2. The fourth-order valence-corrected chi connectivity index (χ4v) is 12.8. The zero-order valence-corrected chi connectivity index (χ0v) is 49.1. The number of hydrogen-bond acceptors (Lipinski definition) is 23. The molecule has 6 aliphatic heterocycles. The molecule has 0 aromatic heterocycles. The first-order valence-corrected chi connectivity index (χ1v) is 29.3. The van der Waals surface area contributed by atoms with Crippen LogP contribution in [-0.4, -0.2) is 230 Å². The number of benzene rings is 3. The van der Waals surface area contributed by atoms with Crippen molar-refractivity contribution in [1.82, 2.24) is 41.7 Å². The van der Waals surface area contributed by atoms with Crippen LogP contribution >= 0.6 is 0 Å². The Labute approximate surface area is 513 Å². The molecule has 6 heterocycles. The van der Waals surface area contributed by atoms with E-state index in [9.17, 15) is 63.3 Å². The molecule has 30 nitrogen and oxygen atoms in total. The maximum Gasteiger partial charge on any atom is 0.253 e. The molecule has 11 rings (SSSR count). The number of phenolic OH excluding ortho intramolecular Hbond substituents is 2. The molecule has 480 valence electrons. The molecule has 0 radical (unpaired) electrons. The molecule has 90 heavy (non-hydrogen) atoms. The van der Waals surface area contributed by atoms with Gasteiger partial charge in [-0.15, -0.1) is 0 Å². The Morgan fingerprint density at radius 1 is 0.767 bits per heavy atom. The van der Waals surface area contributed by atoms with Crippen molar-refractivity contribution in [2.75, 3.05) is 73.5 Å². The van der Waals surface area contributed by atoms with Gasteiger partial charge in [0, 0.05) is 87.2 Å². The summed E-state index contributed by atoms with van der Waals surface area (Å²) in [5.41, 5.74) is -3.34. The summed E-state index contributed by atoms with van der Waals surface area (Å²) in [6, 6.07) is 10.7. The van der Waals surface area contributed by atoms with Crippen LogP contribution in [0.1, 0.15) is 80.8 Å². The minimum Gasteiger partial charge on any atom is -0.507 e. The van der Waals surface area contributed by atoms with Gasteiger partial charge in [0.2, 0.25) is 35.3 Å². The highest BCUT2D eigenvalue weighted by molar-refractivity contribution is 6.31. The number of nitrogens with one attached hydrogen (secondary N) is 6. The maximum atomic E-state index is 14.7. The van der Waals surface area contributed by atoms with Crippen molar-refractivity contribution in [2.45, 2.75) is 118 Å². The highest BCUT2D eigenvalue weighted by Gasteiger charge is 2.57. The van der Waals surface area contributed by atoms with Crippen LogP contribution < -0.4 is 36.6 Å². The first-order chi connectivity index (χ1) is 43.2. The van der Waals surface area contributed by atoms with Gasteiger partial charge in [-0.2, -0.15) is 0 Å². The Kier molecular flexibility index (Phi) is 18.7. The largest absolute Gasteiger partial charge is 0.507 e. The normalized spacial score (nSPS) is 28.4. The number of carbonyl (C=O) groups is 10. The van der Waals surface area contributed by atoms with Crippen LogP contribution in [0.3, 0.4) is 0 Å². The van der Waals surface area contributed by atoms with Crippen LogP contribution in [0.5, 0.6) is 17.2 Å². The second kappa shape index (κ2) is 26.6. The zero-order chi connectivity index (χ0) is 63.7. The summed E-state index contributed by atoms with van der Waals surface area (Å²) in [5, 5.41) is 52.2. The van der Waals surface area contributed by atoms with Crippen LogP contribution in [0.15, 0.2) is 60.7 Å². The van der Waals surface area contributed by atoms with Gasteiger partial charge in [-0.3, -0.25) is 57.7 Å². The number of methoxy groups -OCH3 is 2. The van der Waals surface area contributed by atoms with Gasteiger partial charge in [0.25, 0.3) is 17.7 Å². The average Bonchev–Trinajstić information content (AvgIpc) is 0.864. The summed E-state index contributed by atoms with van der Waals surface area (Å²) in [7, 11) is 2.84. The van der Waals surface area contributed by atoms with Gasteiger partial charge in [0.05, 0.1) is 81.5 Å². The van der Waals surface area contributed by atoms with Crippen molar-refractivity contribution in [3.05, 3.63) is 99.6 Å². The van der Waals surface area contributed by atoms with Crippen molar-refractivity contribution in [1.29, 1.82) is 0 Å². The third kappa shape index (κ3) is 12.8. The number of fused-ring (bicyclic) bond motifs is 7. The van der Waals surface area contributed by atoms with E-state index in [4.69, 9.17) is 42.6 Å². The molecule has 9 N–H and O–H groups in total. The summed E-state index contributed by atoms with van der Waals surface area (Å²) in [4.78, 5) is 134. The number of hydrogen-bond donors (Lipinski definition) is 9. The van der Waals surface area contributed by atoms with E-state index in [0.29, 0.717) is 18.7 Å². The lowest BCUT2D eigenvalue weighted by Crippen LogP contribution is -2.57. The molecule has 5 saturated heterocycles. The van der Waals surface area contributed by atoms with Crippen molar-refractivity contribution in [3.8, 4) is 17.2 Å². The van der Waals surface area contributed by atoms with E-state index in [2.05, 4.69) is 36.8 Å². The molecule has 8 aliphatic rings. The van der Waals surface area contributed by atoms with Crippen LogP contribution in [0.25, 0.3) is 0 Å². The molecule has 5 fully saturated rings. The van der Waals surface area contributed by atoms with Gasteiger partial charge in [-0.05, 0) is 18.6 Å². The van der Waals surface area contributed by atoms with Crippen molar-refractivity contribution >= 4 is 58.8 Å². The number of ketones is 2. The number of carbonyl (C=O) groups excluding carboxylic acids is 10. The smallest absolute Gasteiger partial charge is 0.253 e. The first-order valence-electron chi connectivity index (χ1n) is 29.3. The number of ether oxygens (including phenoxy) is 9. The number of aliphatic hydroxyl groups is 1. The highest BCUT2D eigenvalue weighted by Crippen LogP contribution is 2.53. The number of phenols is 2. The van der Waals surface area contributed by atoms with Gasteiger partial charge in [-0.1, -0.05) is 42.5 Å². The van der Waals surface area contributed by atoms with Gasteiger partial charge in [0.1, 0.15) is 60.0 Å². The topological polar surface area (TPSA) is 393 Å². The number of morpholine rings is 1. The Hall–Kier alpha value is -8.30. The predicted octanol–water partition coefficient (Wildman–Crippen LogP) is -2.72. The molecule has 8 amide bonds. The number of aromatic hydroxyl groups is 2. The van der Waals surface area contributed by atoms with Crippen molar-refractivity contribution in [3.63, 3.8) is 0 Å². The van der Waals surface area contributed by atoms with Crippen molar-refractivity contribution < 1.29 is 106 Å². The molecule has 3 aromatic carbocycles. The predicted molar refractivity (Wildman–Crippen MR) is 302 cm³/mol. The van der Waals surface area contributed by atoms with Crippen LogP contribution in [0, 0.1) is 0 Å². The molecule has 0 saturated carbocycles. The quantitative estimate of drug-likeness (QED) is 0.0219. The SMILES string of the molecule is COc1cccc2c1C(=O)c1c(O)c3c(c(O)c1C2=O)C[C@@](O)(C(=O)N[C@H]1CO[C@H]2[C@@H]1OC[C@H]2OCNC(=O)CNC(=O)[C@H](Cc1ccccc1)NC(=O)CNC(=O)CNC(=O)CCN1C(=O)C=CC1=O)C[C@@H]3O[C@H]1C[C@H]2[C@H](O[C@@H]3[C@@H](OC)OCCN32)[C@H](C)O1. The summed E-state index contributed by atoms with van der Waals surface area (Å²) >= 11 is 0. The molecular formula is C60H68N8O22. The lowest BCUT2D eigenvalue weighted by molar-refractivity contribution is -0.256. The summed E-state index contributed by atoms with van der Waals surface area (Å²) in [6.07, 6.45) is -6.18. The monoisotopic (exact) mass is 1250 g/mol. The lowest BCUT2D eigenvalue weighted by Gasteiger charge is -2.43. The molecule has 30 heteroatoms. The molecule has 0 bridgehead atoms. The Bertz CT molecular complexity index is 3390. The average molecular weight is 1250 g/mol. The fourth-order valence-electron chi connectivity index (χ4n) is 12.8. The van der Waals surface area contributed by atoms with Crippen LogP contribution in [0.2, 0.25) is 0 Å². The molecule has 2 aliphatic carbocycles. The maximum absolute atomic E-state index is 14.7. The second-order valence-corrected chi connectivity index (χ2v) is 22.8. The standard InChI is InChI=1S/C60H68N8O22/c1-28-53-34(67-16-17-84-58(83-3)57(67)90-53)19-44(88-28)89-36-21-60(81,20-31-46(36)52(78)48-47(50(31)76)49(75)30-10-7-11-35(82-2)45(30)51(48)77)59(80)66-33-25-85-55-37(26-86-54(33)55)87-27-64-40(71)23-63-56(79)32(18-29-8-5-4-6-9-29)65-41(72)24-62-39(70)22-61-38(69)14-15-68-42(73)12-13-43(68)74/h4-13,28,32-34,36-37,44,53-55,57-58,76,78,81H,14-27H2,1-3H3,(H,61,69)(H,62,70)(H,63,79)(H,64,71)(H,65,72)(H,66,80)/t28-,32-,33-,34-,36-,37+,44-,53+,54+,55+,57+,58-,60-/m0/s1. The number of nitrogens with zero attached hydrogens (tertiary/aromatic N) is 2. The lowest BCUT2D eigenvalue weighted by atomic mass is 9.72. The third-order valence-corrected chi connectivity index (χ3v) is 17.2. The highest BCUT2D eigenvalue weighted by atomic mass is 16.7. The second-order valence-electron chi connectivity index (χ2n) is 22.8.